The molecule has 1 aromatic heterocycles. The van der Waals surface area contributed by atoms with Gasteiger partial charge in [0, 0.05) is 24.5 Å². The van der Waals surface area contributed by atoms with Crippen LogP contribution in [0.3, 0.4) is 0 Å². The highest BCUT2D eigenvalue weighted by atomic mass is 15.2. The first kappa shape index (κ1) is 13.1. The van der Waals surface area contributed by atoms with Crippen LogP contribution >= 0.6 is 0 Å². The summed E-state index contributed by atoms with van der Waals surface area (Å²) in [5.74, 6) is 1.02. The van der Waals surface area contributed by atoms with Crippen molar-refractivity contribution in [3.63, 3.8) is 0 Å². The lowest BCUT2D eigenvalue weighted by atomic mass is 10.0. The molecule has 0 aliphatic carbocycles. The van der Waals surface area contributed by atoms with Crippen LogP contribution in [0.25, 0.3) is 0 Å². The average Bonchev–Trinajstić information content (AvgIpc) is 2.54. The van der Waals surface area contributed by atoms with Gasteiger partial charge in [0.25, 0.3) is 0 Å². The zero-order chi connectivity index (χ0) is 13.9. The molecule has 1 aliphatic heterocycles. The van der Waals surface area contributed by atoms with Crippen LogP contribution in [-0.2, 0) is 6.42 Å². The molecule has 0 radical (unpaired) electrons. The zero-order valence-corrected chi connectivity index (χ0v) is 11.9. The zero-order valence-electron chi connectivity index (χ0n) is 11.9. The number of anilines is 2. The Kier molecular flexibility index (Phi) is 3.70. The van der Waals surface area contributed by atoms with Crippen molar-refractivity contribution in [1.82, 2.24) is 4.98 Å². The maximum atomic E-state index is 6.05. The van der Waals surface area contributed by atoms with E-state index in [0.717, 1.165) is 30.8 Å². The summed E-state index contributed by atoms with van der Waals surface area (Å²) < 4.78 is 0. The lowest BCUT2D eigenvalue weighted by molar-refractivity contribution is 0.694. The number of rotatable bonds is 3. The van der Waals surface area contributed by atoms with Gasteiger partial charge in [-0.05, 0) is 42.5 Å². The second-order valence-electron chi connectivity index (χ2n) is 5.35. The summed E-state index contributed by atoms with van der Waals surface area (Å²) in [5, 5.41) is 0. The number of aromatic nitrogens is 1. The van der Waals surface area contributed by atoms with Gasteiger partial charge in [-0.15, -0.1) is 0 Å². The van der Waals surface area contributed by atoms with Gasteiger partial charge < -0.3 is 10.6 Å². The van der Waals surface area contributed by atoms with Crippen molar-refractivity contribution in [3.8, 4) is 0 Å². The minimum absolute atomic E-state index is 0.0881. The number of benzene rings is 1. The summed E-state index contributed by atoms with van der Waals surface area (Å²) in [7, 11) is 0. The molecule has 3 rings (SSSR count). The number of nitrogens with zero attached hydrogens (tertiary/aromatic N) is 2. The molecule has 104 valence electrons. The van der Waals surface area contributed by atoms with Gasteiger partial charge in [-0.25, -0.2) is 4.98 Å². The van der Waals surface area contributed by atoms with Crippen molar-refractivity contribution >= 4 is 11.5 Å². The van der Waals surface area contributed by atoms with Crippen molar-refractivity contribution in [1.29, 1.82) is 0 Å². The topological polar surface area (TPSA) is 42.1 Å². The van der Waals surface area contributed by atoms with Crippen molar-refractivity contribution in [2.75, 3.05) is 11.4 Å². The van der Waals surface area contributed by atoms with Gasteiger partial charge in [0.2, 0.25) is 0 Å². The first-order valence-electron chi connectivity index (χ1n) is 7.36. The maximum Gasteiger partial charge on any atom is 0.132 e. The molecule has 2 aromatic rings. The minimum atomic E-state index is 0.0881. The summed E-state index contributed by atoms with van der Waals surface area (Å²) in [6.45, 7) is 3.13. The van der Waals surface area contributed by atoms with Crippen molar-refractivity contribution < 1.29 is 0 Å². The number of aryl methyl sites for hydroxylation is 1. The van der Waals surface area contributed by atoms with E-state index in [1.54, 1.807) is 0 Å². The third-order valence-electron chi connectivity index (χ3n) is 4.03. The third-order valence-corrected chi connectivity index (χ3v) is 4.03. The molecule has 2 N–H and O–H groups in total. The summed E-state index contributed by atoms with van der Waals surface area (Å²) >= 11 is 0. The van der Waals surface area contributed by atoms with Crippen molar-refractivity contribution in [2.45, 2.75) is 32.2 Å². The molecule has 1 aliphatic rings. The molecule has 3 heteroatoms. The Morgan fingerprint density at radius 1 is 1.25 bits per heavy atom. The Morgan fingerprint density at radius 2 is 2.10 bits per heavy atom. The molecule has 0 amide bonds. The van der Waals surface area contributed by atoms with Crippen LogP contribution in [0.2, 0.25) is 0 Å². The predicted octanol–water partition coefficient (Wildman–Crippen LogP) is 3.58. The molecule has 0 fully saturated rings. The molecule has 0 saturated carbocycles. The fraction of sp³-hybridized carbons (Fsp3) is 0.353. The van der Waals surface area contributed by atoms with Crippen molar-refractivity contribution in [2.24, 2.45) is 5.73 Å². The Morgan fingerprint density at radius 3 is 2.85 bits per heavy atom. The summed E-state index contributed by atoms with van der Waals surface area (Å²) in [6.07, 6.45) is 5.19. The van der Waals surface area contributed by atoms with Gasteiger partial charge in [-0.3, -0.25) is 0 Å². The van der Waals surface area contributed by atoms with Crippen LogP contribution in [0.15, 0.2) is 42.6 Å². The maximum absolute atomic E-state index is 6.05. The van der Waals surface area contributed by atoms with Gasteiger partial charge in [-0.2, -0.15) is 0 Å². The SMILES string of the molecule is CCC(N)c1ccc(N2CCCc3ccccc32)nc1. The van der Waals surface area contributed by atoms with Crippen molar-refractivity contribution in [3.05, 3.63) is 53.7 Å². The van der Waals surface area contributed by atoms with Crippen LogP contribution in [0.1, 0.15) is 36.9 Å². The Hall–Kier alpha value is -1.87. The van der Waals surface area contributed by atoms with E-state index in [2.05, 4.69) is 53.2 Å². The first-order chi connectivity index (χ1) is 9.79. The van der Waals surface area contributed by atoms with E-state index in [0.29, 0.717) is 0 Å². The number of hydrogen-bond donors (Lipinski definition) is 1. The van der Waals surface area contributed by atoms with E-state index in [9.17, 15) is 0 Å². The Balaban J connectivity index is 1.91. The fourth-order valence-corrected chi connectivity index (χ4v) is 2.78. The number of nitrogens with two attached hydrogens (primary N) is 1. The van der Waals surface area contributed by atoms with Gasteiger partial charge in [-0.1, -0.05) is 31.2 Å². The standard InChI is InChI=1S/C17H21N3/c1-2-15(18)14-9-10-17(19-12-14)20-11-5-7-13-6-3-4-8-16(13)20/h3-4,6,8-10,12,15H,2,5,7,11,18H2,1H3. The number of hydrogen-bond acceptors (Lipinski definition) is 3. The van der Waals surface area contributed by atoms with E-state index >= 15 is 0 Å². The Labute approximate surface area is 120 Å². The van der Waals surface area contributed by atoms with Gasteiger partial charge in [0.05, 0.1) is 0 Å². The molecule has 0 spiro atoms. The molecular weight excluding hydrogens is 246 g/mol. The molecule has 0 bridgehead atoms. The summed E-state index contributed by atoms with van der Waals surface area (Å²) in [4.78, 5) is 6.92. The normalized spacial score (nSPS) is 15.8. The van der Waals surface area contributed by atoms with Crippen LogP contribution in [0, 0.1) is 0 Å². The quantitative estimate of drug-likeness (QED) is 0.924. The van der Waals surface area contributed by atoms with E-state index in [-0.39, 0.29) is 6.04 Å². The number of pyridine rings is 1. The highest BCUT2D eigenvalue weighted by Crippen LogP contribution is 2.32. The van der Waals surface area contributed by atoms with Gasteiger partial charge in [0.1, 0.15) is 5.82 Å². The number of fused-ring (bicyclic) bond motifs is 1. The molecule has 20 heavy (non-hydrogen) atoms. The molecule has 1 atom stereocenters. The largest absolute Gasteiger partial charge is 0.326 e. The molecule has 0 saturated heterocycles. The molecule has 2 heterocycles. The second-order valence-corrected chi connectivity index (χ2v) is 5.35. The third kappa shape index (κ3) is 2.41. The van der Waals surface area contributed by atoms with E-state index in [1.807, 2.05) is 6.20 Å². The van der Waals surface area contributed by atoms with E-state index in [1.165, 1.54) is 17.7 Å². The predicted molar refractivity (Wildman–Crippen MR) is 83.2 cm³/mol. The second kappa shape index (κ2) is 5.63. The first-order valence-corrected chi connectivity index (χ1v) is 7.36. The highest BCUT2D eigenvalue weighted by molar-refractivity contribution is 5.65. The van der Waals surface area contributed by atoms with E-state index in [4.69, 9.17) is 5.73 Å². The molecule has 1 unspecified atom stereocenters. The van der Waals surface area contributed by atoms with Gasteiger partial charge >= 0.3 is 0 Å². The summed E-state index contributed by atoms with van der Waals surface area (Å²) in [5.41, 5.74) is 9.86. The Bertz CT molecular complexity index is 577. The number of para-hydroxylation sites is 1. The average molecular weight is 267 g/mol. The molecule has 3 nitrogen and oxygen atoms in total. The molecular formula is C17H21N3. The monoisotopic (exact) mass is 267 g/mol. The lowest BCUT2D eigenvalue weighted by Crippen LogP contribution is -2.25. The van der Waals surface area contributed by atoms with Gasteiger partial charge in [0.15, 0.2) is 0 Å². The highest BCUT2D eigenvalue weighted by Gasteiger charge is 2.18. The lowest BCUT2D eigenvalue weighted by Gasteiger charge is -2.30. The fourth-order valence-electron chi connectivity index (χ4n) is 2.78. The minimum Gasteiger partial charge on any atom is -0.326 e. The molecule has 1 aromatic carbocycles. The van der Waals surface area contributed by atoms with Crippen LogP contribution in [0.5, 0.6) is 0 Å². The smallest absolute Gasteiger partial charge is 0.132 e. The van der Waals surface area contributed by atoms with E-state index < -0.39 is 0 Å². The van der Waals surface area contributed by atoms with Crippen LogP contribution in [0.4, 0.5) is 11.5 Å². The van der Waals surface area contributed by atoms with Crippen LogP contribution in [-0.4, -0.2) is 11.5 Å². The summed E-state index contributed by atoms with van der Waals surface area (Å²) in [6, 6.07) is 12.9. The van der Waals surface area contributed by atoms with Crippen LogP contribution < -0.4 is 10.6 Å².